The van der Waals surface area contributed by atoms with Gasteiger partial charge in [0.1, 0.15) is 18.1 Å². The molecule has 31 heavy (non-hydrogen) atoms. The highest BCUT2D eigenvalue weighted by Crippen LogP contribution is 2.34. The van der Waals surface area contributed by atoms with Crippen molar-refractivity contribution in [3.63, 3.8) is 0 Å². The first kappa shape index (κ1) is 20.1. The van der Waals surface area contributed by atoms with E-state index >= 15 is 0 Å². The Morgan fingerprint density at radius 2 is 1.81 bits per heavy atom. The van der Waals surface area contributed by atoms with Crippen LogP contribution in [0.5, 0.6) is 11.5 Å². The van der Waals surface area contributed by atoms with Gasteiger partial charge in [-0.1, -0.05) is 12.1 Å². The average Bonchev–Trinajstić information content (AvgIpc) is 3.34. The third-order valence-electron chi connectivity index (χ3n) is 6.49. The van der Waals surface area contributed by atoms with E-state index in [1.54, 1.807) is 4.90 Å². The van der Waals surface area contributed by atoms with Crippen LogP contribution in [0.4, 0.5) is 5.69 Å². The second-order valence-corrected chi connectivity index (χ2v) is 8.58. The Balaban J connectivity index is 1.23. The van der Waals surface area contributed by atoms with E-state index in [4.69, 9.17) is 9.47 Å². The number of anilines is 1. The molecule has 0 radical (unpaired) electrons. The number of hydrogen-bond donors (Lipinski definition) is 0. The topological polar surface area (TPSA) is 42.0 Å². The highest BCUT2D eigenvalue weighted by Gasteiger charge is 2.27. The van der Waals surface area contributed by atoms with Crippen LogP contribution in [0.2, 0.25) is 0 Å². The van der Waals surface area contributed by atoms with Gasteiger partial charge in [-0.2, -0.15) is 0 Å². The lowest BCUT2D eigenvalue weighted by Gasteiger charge is -2.29. The molecule has 2 aliphatic heterocycles. The van der Waals surface area contributed by atoms with Gasteiger partial charge < -0.3 is 9.47 Å². The summed E-state index contributed by atoms with van der Waals surface area (Å²) in [6.45, 7) is 4.25. The SMILES string of the molecule is O=C1c2ccc(C3=CCCCC3)cc2OCN1c1ccc(OCCN2CCCC2)cc1. The van der Waals surface area contributed by atoms with E-state index in [2.05, 4.69) is 17.0 Å². The summed E-state index contributed by atoms with van der Waals surface area (Å²) in [5, 5.41) is 0. The summed E-state index contributed by atoms with van der Waals surface area (Å²) >= 11 is 0. The van der Waals surface area contributed by atoms with Gasteiger partial charge in [-0.15, -0.1) is 0 Å². The fourth-order valence-electron chi connectivity index (χ4n) is 4.67. The van der Waals surface area contributed by atoms with Crippen molar-refractivity contribution >= 4 is 17.2 Å². The van der Waals surface area contributed by atoms with Crippen molar-refractivity contribution in [2.75, 3.05) is 37.9 Å². The van der Waals surface area contributed by atoms with Crippen LogP contribution >= 0.6 is 0 Å². The van der Waals surface area contributed by atoms with Crippen LogP contribution < -0.4 is 14.4 Å². The van der Waals surface area contributed by atoms with Crippen molar-refractivity contribution in [3.8, 4) is 11.5 Å². The number of nitrogens with zero attached hydrogens (tertiary/aromatic N) is 2. The third kappa shape index (κ3) is 4.47. The molecular weight excluding hydrogens is 388 g/mol. The zero-order valence-electron chi connectivity index (χ0n) is 18.0. The maximum absolute atomic E-state index is 13.1. The number of carbonyl (C=O) groups is 1. The minimum Gasteiger partial charge on any atom is -0.492 e. The van der Waals surface area contributed by atoms with E-state index in [-0.39, 0.29) is 12.6 Å². The lowest BCUT2D eigenvalue weighted by molar-refractivity contribution is 0.0937. The molecule has 5 nitrogen and oxygen atoms in total. The highest BCUT2D eigenvalue weighted by molar-refractivity contribution is 6.09. The number of carbonyl (C=O) groups excluding carboxylic acids is 1. The van der Waals surface area contributed by atoms with E-state index in [0.29, 0.717) is 17.9 Å². The van der Waals surface area contributed by atoms with E-state index in [0.717, 1.165) is 30.8 Å². The molecular formula is C26H30N2O3. The largest absolute Gasteiger partial charge is 0.492 e. The van der Waals surface area contributed by atoms with Crippen LogP contribution in [0.1, 0.15) is 54.4 Å². The highest BCUT2D eigenvalue weighted by atomic mass is 16.5. The molecule has 0 unspecified atom stereocenters. The minimum atomic E-state index is -0.0203. The molecule has 2 aromatic carbocycles. The maximum atomic E-state index is 13.1. The zero-order valence-corrected chi connectivity index (χ0v) is 18.0. The molecule has 0 spiro atoms. The Morgan fingerprint density at radius 1 is 0.968 bits per heavy atom. The Morgan fingerprint density at radius 3 is 2.58 bits per heavy atom. The van der Waals surface area contributed by atoms with Crippen LogP contribution in [0.15, 0.2) is 48.5 Å². The average molecular weight is 419 g/mol. The molecule has 1 fully saturated rings. The van der Waals surface area contributed by atoms with Crippen LogP contribution in [0, 0.1) is 0 Å². The number of rotatable bonds is 6. The van der Waals surface area contributed by atoms with Crippen molar-refractivity contribution in [1.82, 2.24) is 4.90 Å². The molecule has 1 amide bonds. The Labute approximate surface area is 184 Å². The maximum Gasteiger partial charge on any atom is 0.264 e. The van der Waals surface area contributed by atoms with E-state index in [9.17, 15) is 4.79 Å². The second kappa shape index (κ2) is 9.15. The Bertz CT molecular complexity index is 961. The molecule has 0 atom stereocenters. The van der Waals surface area contributed by atoms with Gasteiger partial charge in [0.05, 0.1) is 5.56 Å². The minimum absolute atomic E-state index is 0.0203. The standard InChI is InChI=1S/C26H30N2O3/c29-26-24-13-8-21(20-6-2-1-3-7-20)18-25(24)31-19-28(26)22-9-11-23(12-10-22)30-17-16-27-14-4-5-15-27/h6,8-13,18H,1-5,7,14-17,19H2. The summed E-state index contributed by atoms with van der Waals surface area (Å²) in [6.07, 6.45) is 9.64. The smallest absolute Gasteiger partial charge is 0.264 e. The van der Waals surface area contributed by atoms with Crippen molar-refractivity contribution in [1.29, 1.82) is 0 Å². The van der Waals surface area contributed by atoms with Crippen LogP contribution in [0.25, 0.3) is 5.57 Å². The Hall–Kier alpha value is -2.79. The first-order chi connectivity index (χ1) is 15.3. The summed E-state index contributed by atoms with van der Waals surface area (Å²) in [5.41, 5.74) is 3.99. The molecule has 162 valence electrons. The van der Waals surface area contributed by atoms with E-state index < -0.39 is 0 Å². The molecule has 0 bridgehead atoms. The third-order valence-corrected chi connectivity index (χ3v) is 6.49. The van der Waals surface area contributed by atoms with Crippen LogP contribution in [-0.2, 0) is 0 Å². The van der Waals surface area contributed by atoms with Crippen LogP contribution in [0.3, 0.4) is 0 Å². The number of fused-ring (bicyclic) bond motifs is 1. The Kier molecular flexibility index (Phi) is 5.94. The first-order valence-electron chi connectivity index (χ1n) is 11.5. The predicted octanol–water partition coefficient (Wildman–Crippen LogP) is 5.12. The van der Waals surface area contributed by atoms with Gasteiger partial charge in [0.25, 0.3) is 5.91 Å². The second-order valence-electron chi connectivity index (χ2n) is 8.58. The van der Waals surface area contributed by atoms with Crippen molar-refractivity contribution in [2.24, 2.45) is 0 Å². The lowest BCUT2D eigenvalue weighted by atomic mass is 9.92. The molecule has 2 aromatic rings. The van der Waals surface area contributed by atoms with Crippen molar-refractivity contribution in [2.45, 2.75) is 38.5 Å². The monoisotopic (exact) mass is 418 g/mol. The summed E-state index contributed by atoms with van der Waals surface area (Å²) < 4.78 is 11.9. The van der Waals surface area contributed by atoms with Gasteiger partial charge in [0.15, 0.2) is 6.73 Å². The number of likely N-dealkylation sites (tertiary alicyclic amines) is 1. The number of amides is 1. The fourth-order valence-corrected chi connectivity index (χ4v) is 4.67. The van der Waals surface area contributed by atoms with Gasteiger partial charge in [0.2, 0.25) is 0 Å². The van der Waals surface area contributed by atoms with Gasteiger partial charge in [0, 0.05) is 12.2 Å². The van der Waals surface area contributed by atoms with Crippen molar-refractivity contribution in [3.05, 3.63) is 59.7 Å². The summed E-state index contributed by atoms with van der Waals surface area (Å²) in [7, 11) is 0. The quantitative estimate of drug-likeness (QED) is 0.653. The number of hydrogen-bond acceptors (Lipinski definition) is 4. The summed E-state index contributed by atoms with van der Waals surface area (Å²) in [4.78, 5) is 17.2. The number of ether oxygens (including phenoxy) is 2. The fraction of sp³-hybridized carbons (Fsp3) is 0.423. The first-order valence-corrected chi connectivity index (χ1v) is 11.5. The lowest BCUT2D eigenvalue weighted by Crippen LogP contribution is -2.38. The number of benzene rings is 2. The molecule has 1 saturated heterocycles. The summed E-state index contributed by atoms with van der Waals surface area (Å²) in [6, 6.07) is 13.7. The van der Waals surface area contributed by atoms with E-state index in [1.807, 2.05) is 36.4 Å². The molecule has 5 rings (SSSR count). The van der Waals surface area contributed by atoms with E-state index in [1.165, 1.54) is 49.9 Å². The van der Waals surface area contributed by atoms with Gasteiger partial charge >= 0.3 is 0 Å². The number of allylic oxidation sites excluding steroid dienone is 2. The molecule has 1 aliphatic carbocycles. The van der Waals surface area contributed by atoms with Gasteiger partial charge in [-0.05, 0) is 99.1 Å². The zero-order chi connectivity index (χ0) is 21.0. The molecule has 0 saturated carbocycles. The van der Waals surface area contributed by atoms with Crippen LogP contribution in [-0.4, -0.2) is 43.8 Å². The molecule has 5 heteroatoms. The summed E-state index contributed by atoms with van der Waals surface area (Å²) in [5.74, 6) is 1.50. The predicted molar refractivity (Wildman–Crippen MR) is 123 cm³/mol. The molecule has 2 heterocycles. The molecule has 3 aliphatic rings. The normalized spacial score (nSPS) is 19.0. The molecule has 0 N–H and O–H groups in total. The van der Waals surface area contributed by atoms with Crippen molar-refractivity contribution < 1.29 is 14.3 Å². The van der Waals surface area contributed by atoms with Gasteiger partial charge in [-0.25, -0.2) is 0 Å². The van der Waals surface area contributed by atoms with Gasteiger partial charge in [-0.3, -0.25) is 14.6 Å². The molecule has 0 aromatic heterocycles.